The monoisotopic (exact) mass is 240 g/mol. The number of rotatable bonds is 3. The molecule has 0 aliphatic rings. The molecule has 0 aliphatic heterocycles. The van der Waals surface area contributed by atoms with Crippen molar-refractivity contribution in [3.63, 3.8) is 0 Å². The summed E-state index contributed by atoms with van der Waals surface area (Å²) >= 11 is 0. The second-order valence-electron chi connectivity index (χ2n) is 3.91. The van der Waals surface area contributed by atoms with Crippen molar-refractivity contribution in [1.82, 2.24) is 24.9 Å². The van der Waals surface area contributed by atoms with E-state index in [1.165, 1.54) is 0 Å². The molecule has 0 saturated carbocycles. The Morgan fingerprint density at radius 2 is 2.22 bits per heavy atom. The van der Waals surface area contributed by atoms with E-state index < -0.39 is 0 Å². The molecule has 2 N–H and O–H groups in total. The topological polar surface area (TPSA) is 79.4 Å². The minimum absolute atomic E-state index is 0.588. The Bertz CT molecular complexity index is 661. The van der Waals surface area contributed by atoms with Crippen LogP contribution in [-0.2, 0) is 6.54 Å². The summed E-state index contributed by atoms with van der Waals surface area (Å²) in [7, 11) is 0. The summed E-state index contributed by atoms with van der Waals surface area (Å²) in [5.41, 5.74) is 1.71. The minimum Gasteiger partial charge on any atom is -0.364 e. The molecule has 0 amide bonds. The number of fused-ring (bicyclic) bond motifs is 1. The molecule has 6 nitrogen and oxygen atoms in total. The Morgan fingerprint density at radius 1 is 1.28 bits per heavy atom. The predicted molar refractivity (Wildman–Crippen MR) is 68.0 cm³/mol. The molecule has 3 rings (SSSR count). The third-order valence-electron chi connectivity index (χ3n) is 2.58. The van der Waals surface area contributed by atoms with Crippen LogP contribution in [0.1, 0.15) is 11.5 Å². The van der Waals surface area contributed by atoms with Crippen LogP contribution in [0.3, 0.4) is 0 Å². The van der Waals surface area contributed by atoms with Gasteiger partial charge in [0.2, 0.25) is 0 Å². The van der Waals surface area contributed by atoms with E-state index in [9.17, 15) is 0 Å². The van der Waals surface area contributed by atoms with Crippen molar-refractivity contribution in [3.8, 4) is 0 Å². The number of aryl methyl sites for hydroxylation is 1. The number of aromatic amines is 1. The number of hydrogen-bond donors (Lipinski definition) is 2. The second-order valence-corrected chi connectivity index (χ2v) is 3.91. The molecular weight excluding hydrogens is 228 g/mol. The number of nitrogens with one attached hydrogen (secondary N) is 2. The van der Waals surface area contributed by atoms with Crippen molar-refractivity contribution < 1.29 is 0 Å². The molecule has 0 unspecified atom stereocenters. The minimum atomic E-state index is 0.588. The van der Waals surface area contributed by atoms with Crippen LogP contribution in [0.5, 0.6) is 0 Å². The average Bonchev–Trinajstić information content (AvgIpc) is 2.85. The molecule has 0 saturated heterocycles. The summed E-state index contributed by atoms with van der Waals surface area (Å²) in [5.74, 6) is 1.54. The Hall–Kier alpha value is -2.50. The van der Waals surface area contributed by atoms with Gasteiger partial charge in [0.15, 0.2) is 0 Å². The summed E-state index contributed by atoms with van der Waals surface area (Å²) in [5, 5.41) is 4.23. The fourth-order valence-electron chi connectivity index (χ4n) is 1.78. The third-order valence-corrected chi connectivity index (χ3v) is 2.58. The Kier molecular flexibility index (Phi) is 2.60. The summed E-state index contributed by atoms with van der Waals surface area (Å²) < 4.78 is 0. The largest absolute Gasteiger partial charge is 0.364 e. The summed E-state index contributed by atoms with van der Waals surface area (Å²) in [6.07, 6.45) is 6.92. The van der Waals surface area contributed by atoms with Crippen LogP contribution in [0.15, 0.2) is 30.9 Å². The molecule has 0 radical (unpaired) electrons. The van der Waals surface area contributed by atoms with Gasteiger partial charge in [-0.25, -0.2) is 9.97 Å². The molecule has 0 aromatic carbocycles. The molecule has 0 fully saturated rings. The molecular formula is C12H12N6. The second kappa shape index (κ2) is 4.40. The lowest BCUT2D eigenvalue weighted by Crippen LogP contribution is -2.05. The van der Waals surface area contributed by atoms with Crippen LogP contribution in [0.2, 0.25) is 0 Å². The number of nitrogens with zero attached hydrogens (tertiary/aromatic N) is 4. The van der Waals surface area contributed by atoms with Gasteiger partial charge in [-0.05, 0) is 13.0 Å². The number of hydrogen-bond acceptors (Lipinski definition) is 5. The SMILES string of the molecule is Cc1nc(NCc2cnccn2)c2cc[nH]c2n1. The van der Waals surface area contributed by atoms with Gasteiger partial charge in [-0.15, -0.1) is 0 Å². The number of anilines is 1. The highest BCUT2D eigenvalue weighted by molar-refractivity contribution is 5.86. The van der Waals surface area contributed by atoms with Gasteiger partial charge in [-0.3, -0.25) is 9.97 Å². The van der Waals surface area contributed by atoms with Crippen LogP contribution in [-0.4, -0.2) is 24.9 Å². The molecule has 0 spiro atoms. The van der Waals surface area contributed by atoms with Gasteiger partial charge < -0.3 is 10.3 Å². The molecule has 90 valence electrons. The molecule has 3 aromatic heterocycles. The van der Waals surface area contributed by atoms with Gasteiger partial charge in [0.1, 0.15) is 17.3 Å². The van der Waals surface area contributed by atoms with E-state index in [4.69, 9.17) is 0 Å². The van der Waals surface area contributed by atoms with Crippen LogP contribution in [0, 0.1) is 6.92 Å². The van der Waals surface area contributed by atoms with E-state index in [2.05, 4.69) is 30.2 Å². The van der Waals surface area contributed by atoms with Crippen molar-refractivity contribution >= 4 is 16.9 Å². The summed E-state index contributed by atoms with van der Waals surface area (Å²) in [4.78, 5) is 20.0. The molecule has 18 heavy (non-hydrogen) atoms. The van der Waals surface area contributed by atoms with Crippen molar-refractivity contribution in [2.24, 2.45) is 0 Å². The predicted octanol–water partition coefficient (Wildman–Crippen LogP) is 1.67. The molecule has 0 bridgehead atoms. The van der Waals surface area contributed by atoms with E-state index in [1.54, 1.807) is 18.6 Å². The van der Waals surface area contributed by atoms with E-state index in [1.807, 2.05) is 19.2 Å². The smallest absolute Gasteiger partial charge is 0.143 e. The lowest BCUT2D eigenvalue weighted by Gasteiger charge is -2.06. The summed E-state index contributed by atoms with van der Waals surface area (Å²) in [6.45, 7) is 2.46. The van der Waals surface area contributed by atoms with Crippen molar-refractivity contribution in [1.29, 1.82) is 0 Å². The first kappa shape index (κ1) is 10.6. The van der Waals surface area contributed by atoms with E-state index >= 15 is 0 Å². The number of H-pyrrole nitrogens is 1. The number of aromatic nitrogens is 5. The molecule has 0 atom stereocenters. The first-order chi connectivity index (χ1) is 8.83. The highest BCUT2D eigenvalue weighted by Crippen LogP contribution is 2.19. The van der Waals surface area contributed by atoms with Gasteiger partial charge in [-0.2, -0.15) is 0 Å². The van der Waals surface area contributed by atoms with Gasteiger partial charge >= 0.3 is 0 Å². The fraction of sp³-hybridized carbons (Fsp3) is 0.167. The molecule has 3 aromatic rings. The fourth-order valence-corrected chi connectivity index (χ4v) is 1.78. The van der Waals surface area contributed by atoms with Crippen LogP contribution >= 0.6 is 0 Å². The first-order valence-electron chi connectivity index (χ1n) is 5.63. The quantitative estimate of drug-likeness (QED) is 0.728. The zero-order valence-corrected chi connectivity index (χ0v) is 9.88. The maximum Gasteiger partial charge on any atom is 0.143 e. The highest BCUT2D eigenvalue weighted by atomic mass is 15.1. The normalized spacial score (nSPS) is 10.7. The van der Waals surface area contributed by atoms with Crippen molar-refractivity contribution in [3.05, 3.63) is 42.4 Å². The van der Waals surface area contributed by atoms with Crippen LogP contribution < -0.4 is 5.32 Å². The van der Waals surface area contributed by atoms with Gasteiger partial charge in [0, 0.05) is 18.6 Å². The van der Waals surface area contributed by atoms with Gasteiger partial charge in [0.05, 0.1) is 23.8 Å². The third kappa shape index (κ3) is 2.00. The lowest BCUT2D eigenvalue weighted by atomic mass is 10.3. The van der Waals surface area contributed by atoms with E-state index in [-0.39, 0.29) is 0 Å². The zero-order chi connectivity index (χ0) is 12.4. The maximum atomic E-state index is 4.40. The van der Waals surface area contributed by atoms with E-state index in [0.717, 1.165) is 28.4 Å². The Balaban J connectivity index is 1.88. The highest BCUT2D eigenvalue weighted by Gasteiger charge is 2.06. The standard InChI is InChI=1S/C12H12N6/c1-8-17-11-10(2-3-15-11)12(18-8)16-7-9-6-13-4-5-14-9/h2-6H,7H2,1H3,(H2,15,16,17,18). The molecule has 0 aliphatic carbocycles. The Labute approximate surface area is 104 Å². The summed E-state index contributed by atoms with van der Waals surface area (Å²) in [6, 6.07) is 1.95. The molecule has 6 heteroatoms. The maximum absolute atomic E-state index is 4.40. The van der Waals surface area contributed by atoms with Gasteiger partial charge in [0.25, 0.3) is 0 Å². The first-order valence-corrected chi connectivity index (χ1v) is 5.63. The van der Waals surface area contributed by atoms with Crippen LogP contribution in [0.25, 0.3) is 11.0 Å². The lowest BCUT2D eigenvalue weighted by molar-refractivity contribution is 0.987. The van der Waals surface area contributed by atoms with E-state index in [0.29, 0.717) is 6.54 Å². The molecule has 3 heterocycles. The zero-order valence-electron chi connectivity index (χ0n) is 9.88. The average molecular weight is 240 g/mol. The van der Waals surface area contributed by atoms with Crippen LogP contribution in [0.4, 0.5) is 5.82 Å². The Morgan fingerprint density at radius 3 is 3.06 bits per heavy atom. The van der Waals surface area contributed by atoms with Crippen molar-refractivity contribution in [2.45, 2.75) is 13.5 Å². The van der Waals surface area contributed by atoms with Gasteiger partial charge in [-0.1, -0.05) is 0 Å². The van der Waals surface area contributed by atoms with Crippen molar-refractivity contribution in [2.75, 3.05) is 5.32 Å².